The van der Waals surface area contributed by atoms with Crippen molar-refractivity contribution in [1.82, 2.24) is 0 Å². The number of hydrogen-bond donors (Lipinski definition) is 2. The van der Waals surface area contributed by atoms with Crippen molar-refractivity contribution >= 4 is 10.8 Å². The molecule has 55 heavy (non-hydrogen) atoms. The molecule has 0 radical (unpaired) electrons. The van der Waals surface area contributed by atoms with E-state index in [9.17, 15) is 10.2 Å². The molecule has 0 aliphatic carbocycles. The van der Waals surface area contributed by atoms with Crippen LogP contribution in [-0.2, 0) is 9.47 Å². The highest BCUT2D eigenvalue weighted by Gasteiger charge is 2.20. The normalized spacial score (nSPS) is 13.5. The van der Waals surface area contributed by atoms with Crippen LogP contribution in [0.15, 0.2) is 121 Å². The molecule has 5 aromatic rings. The van der Waals surface area contributed by atoms with Crippen LogP contribution in [-0.4, -0.2) is 74.3 Å². The molecule has 0 bridgehead atoms. The molecule has 4 unspecified atom stereocenters. The van der Waals surface area contributed by atoms with Gasteiger partial charge >= 0.3 is 0 Å². The number of rotatable bonds is 26. The first-order chi connectivity index (χ1) is 27.0. The zero-order valence-corrected chi connectivity index (χ0v) is 32.1. The van der Waals surface area contributed by atoms with Crippen LogP contribution in [0.25, 0.3) is 10.8 Å². The van der Waals surface area contributed by atoms with Crippen LogP contribution >= 0.6 is 0 Å². The highest BCUT2D eigenvalue weighted by atomic mass is 16.6. The van der Waals surface area contributed by atoms with E-state index >= 15 is 0 Å². The molecule has 9 nitrogen and oxygen atoms in total. The summed E-state index contributed by atoms with van der Waals surface area (Å²) < 4.78 is 43.1. The number of benzene rings is 5. The topological polar surface area (TPSA) is 105 Å². The lowest BCUT2D eigenvalue weighted by molar-refractivity contribution is -0.0171. The number of ether oxygens (including phenoxy) is 7. The Balaban J connectivity index is 1.21. The molecular weight excluding hydrogens is 696 g/mol. The van der Waals surface area contributed by atoms with Crippen LogP contribution in [0.5, 0.6) is 34.5 Å². The minimum absolute atomic E-state index is 0.00255. The van der Waals surface area contributed by atoms with E-state index in [0.29, 0.717) is 36.2 Å². The van der Waals surface area contributed by atoms with Crippen molar-refractivity contribution in [3.8, 4) is 34.5 Å². The molecule has 5 rings (SSSR count). The van der Waals surface area contributed by atoms with E-state index in [1.165, 1.54) is 0 Å². The van der Waals surface area contributed by atoms with Crippen molar-refractivity contribution in [1.29, 1.82) is 0 Å². The largest absolute Gasteiger partial charge is 0.490 e. The van der Waals surface area contributed by atoms with Gasteiger partial charge in [-0.1, -0.05) is 106 Å². The van der Waals surface area contributed by atoms with Crippen molar-refractivity contribution in [2.75, 3.05) is 39.6 Å². The number of aliphatic hydroxyl groups excluding tert-OH is 2. The second-order valence-electron chi connectivity index (χ2n) is 13.6. The minimum Gasteiger partial charge on any atom is -0.490 e. The van der Waals surface area contributed by atoms with Crippen molar-refractivity contribution < 1.29 is 43.4 Å². The molecule has 4 atom stereocenters. The van der Waals surface area contributed by atoms with Gasteiger partial charge in [-0.2, -0.15) is 0 Å². The van der Waals surface area contributed by atoms with Gasteiger partial charge in [-0.15, -0.1) is 0 Å². The summed E-state index contributed by atoms with van der Waals surface area (Å²) in [6.45, 7) is 5.13. The molecular formula is C46H56O9. The first-order valence-corrected chi connectivity index (χ1v) is 19.5. The van der Waals surface area contributed by atoms with Crippen molar-refractivity contribution in [2.45, 2.75) is 76.8 Å². The molecule has 0 heterocycles. The predicted octanol–water partition coefficient (Wildman–Crippen LogP) is 9.42. The lowest BCUT2D eigenvalue weighted by atomic mass is 10.1. The molecule has 9 heteroatoms. The van der Waals surface area contributed by atoms with Crippen LogP contribution in [0.2, 0.25) is 0 Å². The smallest absolute Gasteiger partial charge is 0.173 e. The highest BCUT2D eigenvalue weighted by molar-refractivity contribution is 5.95. The van der Waals surface area contributed by atoms with Gasteiger partial charge in [0, 0.05) is 16.8 Å². The van der Waals surface area contributed by atoms with Gasteiger partial charge in [0.25, 0.3) is 0 Å². The Morgan fingerprint density at radius 2 is 0.927 bits per heavy atom. The monoisotopic (exact) mass is 752 g/mol. The average molecular weight is 753 g/mol. The molecule has 0 amide bonds. The average Bonchev–Trinajstić information content (AvgIpc) is 3.21. The lowest BCUT2D eigenvalue weighted by Crippen LogP contribution is -2.29. The van der Waals surface area contributed by atoms with E-state index < -0.39 is 12.2 Å². The third-order valence-corrected chi connectivity index (χ3v) is 8.82. The maximum absolute atomic E-state index is 11.0. The number of unbranched alkanes of at least 4 members (excludes halogenated alkanes) is 2. The molecule has 0 aliphatic rings. The first kappa shape index (κ1) is 41.4. The van der Waals surface area contributed by atoms with Crippen LogP contribution in [0, 0.1) is 0 Å². The molecule has 0 saturated carbocycles. The predicted molar refractivity (Wildman–Crippen MR) is 216 cm³/mol. The van der Waals surface area contributed by atoms with Crippen molar-refractivity contribution in [3.63, 3.8) is 0 Å². The van der Waals surface area contributed by atoms with Gasteiger partial charge in [0.15, 0.2) is 11.5 Å². The van der Waals surface area contributed by atoms with E-state index in [2.05, 4.69) is 13.8 Å². The standard InChI is InChI=1S/C46H56O9/c1-3-5-18-40(53-37-20-10-7-11-21-37)33-49-29-35(47)31-51-44-28-45(55-39-24-14-9-15-25-39)46(43-27-17-16-26-42(43)44)52-32-36(48)30-50-34-41(19-6-4-2)54-38-22-12-8-13-23-38/h7-17,20-28,35-36,40-41,47-48H,3-6,18-19,29-34H2,1-2H3. The molecule has 0 saturated heterocycles. The van der Waals surface area contributed by atoms with Crippen LogP contribution in [0.3, 0.4) is 0 Å². The van der Waals surface area contributed by atoms with Gasteiger partial charge in [0.1, 0.15) is 60.6 Å². The quantitative estimate of drug-likeness (QED) is 0.0572. The van der Waals surface area contributed by atoms with E-state index in [1.807, 2.05) is 115 Å². The van der Waals surface area contributed by atoms with Crippen molar-refractivity contribution in [2.24, 2.45) is 0 Å². The number of aliphatic hydroxyl groups is 2. The Morgan fingerprint density at radius 3 is 1.44 bits per heavy atom. The van der Waals surface area contributed by atoms with Gasteiger partial charge in [-0.3, -0.25) is 0 Å². The Morgan fingerprint density at radius 1 is 0.473 bits per heavy atom. The van der Waals surface area contributed by atoms with E-state index in [-0.39, 0.29) is 38.6 Å². The fourth-order valence-corrected chi connectivity index (χ4v) is 5.98. The highest BCUT2D eigenvalue weighted by Crippen LogP contribution is 2.43. The zero-order chi connectivity index (χ0) is 38.5. The Kier molecular flexibility index (Phi) is 17.4. The van der Waals surface area contributed by atoms with E-state index in [0.717, 1.165) is 60.8 Å². The maximum atomic E-state index is 11.0. The summed E-state index contributed by atoms with van der Waals surface area (Å²) in [7, 11) is 0. The molecule has 2 N–H and O–H groups in total. The second-order valence-corrected chi connectivity index (χ2v) is 13.6. The summed E-state index contributed by atoms with van der Waals surface area (Å²) in [5.41, 5.74) is 0. The third-order valence-electron chi connectivity index (χ3n) is 8.82. The van der Waals surface area contributed by atoms with Crippen molar-refractivity contribution in [3.05, 3.63) is 121 Å². The zero-order valence-electron chi connectivity index (χ0n) is 32.1. The summed E-state index contributed by atoms with van der Waals surface area (Å²) in [6, 6.07) is 38.2. The van der Waals surface area contributed by atoms with Gasteiger partial charge < -0.3 is 43.4 Å². The van der Waals surface area contributed by atoms with Crippen LogP contribution < -0.4 is 23.7 Å². The minimum atomic E-state index is -0.905. The Labute approximate surface area is 325 Å². The molecule has 294 valence electrons. The second kappa shape index (κ2) is 23.2. The fourth-order valence-electron chi connectivity index (χ4n) is 5.98. The number of para-hydroxylation sites is 3. The molecule has 0 spiro atoms. The molecule has 5 aromatic carbocycles. The van der Waals surface area contributed by atoms with Crippen LogP contribution in [0.1, 0.15) is 52.4 Å². The van der Waals surface area contributed by atoms with Crippen LogP contribution in [0.4, 0.5) is 0 Å². The number of fused-ring (bicyclic) bond motifs is 1. The summed E-state index contributed by atoms with van der Waals surface area (Å²) >= 11 is 0. The Hall–Kier alpha value is -4.80. The Bertz CT molecular complexity index is 1770. The van der Waals surface area contributed by atoms with Gasteiger partial charge in [-0.25, -0.2) is 0 Å². The SMILES string of the molecule is CCCCC(COCC(O)COc1cc(Oc2ccccc2)c(OCC(O)COCC(CCCC)Oc2ccccc2)c2ccccc12)Oc1ccccc1. The molecule has 0 aromatic heterocycles. The van der Waals surface area contributed by atoms with Gasteiger partial charge in [-0.05, 0) is 62.1 Å². The fraction of sp³-hybridized carbons (Fsp3) is 0.391. The molecule has 0 aliphatic heterocycles. The van der Waals surface area contributed by atoms with E-state index in [1.54, 1.807) is 6.07 Å². The number of hydrogen-bond acceptors (Lipinski definition) is 9. The summed E-state index contributed by atoms with van der Waals surface area (Å²) in [4.78, 5) is 0. The summed E-state index contributed by atoms with van der Waals surface area (Å²) in [5.74, 6) is 3.59. The van der Waals surface area contributed by atoms with Gasteiger partial charge in [0.2, 0.25) is 0 Å². The van der Waals surface area contributed by atoms with Gasteiger partial charge in [0.05, 0.1) is 26.4 Å². The summed E-state index contributed by atoms with van der Waals surface area (Å²) in [6.07, 6.45) is 3.82. The van der Waals surface area contributed by atoms with E-state index in [4.69, 9.17) is 33.2 Å². The first-order valence-electron chi connectivity index (χ1n) is 19.5. The maximum Gasteiger partial charge on any atom is 0.173 e. The lowest BCUT2D eigenvalue weighted by Gasteiger charge is -2.22. The third kappa shape index (κ3) is 14.1. The summed E-state index contributed by atoms with van der Waals surface area (Å²) in [5, 5.41) is 23.4. The molecule has 0 fully saturated rings.